The number of esters is 1. The normalized spacial score (nSPS) is 20.9. The lowest BCUT2D eigenvalue weighted by Crippen LogP contribution is -1.97. The van der Waals surface area contributed by atoms with Gasteiger partial charge in [0.25, 0.3) is 0 Å². The first-order chi connectivity index (χ1) is 9.72. The van der Waals surface area contributed by atoms with E-state index < -0.39 is 0 Å². The van der Waals surface area contributed by atoms with Crippen LogP contribution in [0.25, 0.3) is 0 Å². The minimum Gasteiger partial charge on any atom is -0.497 e. The van der Waals surface area contributed by atoms with E-state index in [0.29, 0.717) is 0 Å². The first kappa shape index (κ1) is 14.6. The average molecular weight is 276 g/mol. The fraction of sp³-hybridized carbons (Fsp3) is 0.438. The van der Waals surface area contributed by atoms with Crippen molar-refractivity contribution < 1.29 is 19.0 Å². The lowest BCUT2D eigenvalue weighted by atomic mass is 10.1. The summed E-state index contributed by atoms with van der Waals surface area (Å²) in [5.74, 6) is 0.546. The largest absolute Gasteiger partial charge is 0.497 e. The Morgan fingerprint density at radius 2 is 2.05 bits per heavy atom. The monoisotopic (exact) mass is 276 g/mol. The van der Waals surface area contributed by atoms with Crippen molar-refractivity contribution in [3.05, 3.63) is 42.0 Å². The Bertz CT molecular complexity index is 464. The molecule has 4 nitrogen and oxygen atoms in total. The Morgan fingerprint density at radius 3 is 2.70 bits per heavy atom. The molecule has 1 aliphatic rings. The van der Waals surface area contributed by atoms with E-state index in [1.54, 1.807) is 13.2 Å². The highest BCUT2D eigenvalue weighted by Gasteiger charge is 2.35. The van der Waals surface area contributed by atoms with Gasteiger partial charge in [0.05, 0.1) is 20.3 Å². The Hall–Kier alpha value is -1.81. The van der Waals surface area contributed by atoms with E-state index >= 15 is 0 Å². The van der Waals surface area contributed by atoms with Crippen LogP contribution in [0, 0.1) is 0 Å². The molecular weight excluding hydrogens is 256 g/mol. The highest BCUT2D eigenvalue weighted by molar-refractivity contribution is 5.81. The maximum atomic E-state index is 10.9. The van der Waals surface area contributed by atoms with E-state index in [1.807, 2.05) is 12.1 Å². The topological polar surface area (TPSA) is 48.1 Å². The molecule has 0 saturated carbocycles. The van der Waals surface area contributed by atoms with E-state index in [2.05, 4.69) is 16.9 Å². The summed E-state index contributed by atoms with van der Waals surface area (Å²) in [6.07, 6.45) is 6.61. The van der Waals surface area contributed by atoms with Gasteiger partial charge in [-0.1, -0.05) is 12.1 Å². The van der Waals surface area contributed by atoms with Crippen LogP contribution in [0.1, 0.15) is 18.4 Å². The van der Waals surface area contributed by atoms with E-state index in [0.717, 1.165) is 25.0 Å². The van der Waals surface area contributed by atoms with Crippen LogP contribution in [0.4, 0.5) is 0 Å². The highest BCUT2D eigenvalue weighted by Crippen LogP contribution is 2.28. The van der Waals surface area contributed by atoms with Crippen molar-refractivity contribution >= 4 is 5.97 Å². The minimum absolute atomic E-state index is 0.0740. The van der Waals surface area contributed by atoms with Gasteiger partial charge in [0.15, 0.2) is 0 Å². The fourth-order valence-electron chi connectivity index (χ4n) is 2.10. The van der Waals surface area contributed by atoms with Gasteiger partial charge in [0.1, 0.15) is 11.9 Å². The summed E-state index contributed by atoms with van der Waals surface area (Å²) in [5.41, 5.74) is 1.30. The van der Waals surface area contributed by atoms with Gasteiger partial charge in [-0.15, -0.1) is 0 Å². The summed E-state index contributed by atoms with van der Waals surface area (Å²) >= 11 is 0. The summed E-state index contributed by atoms with van der Waals surface area (Å²) in [6.45, 7) is 0. The van der Waals surface area contributed by atoms with Crippen LogP contribution in [0.3, 0.4) is 0 Å². The average Bonchev–Trinajstić information content (AvgIpc) is 3.24. The van der Waals surface area contributed by atoms with E-state index in [4.69, 9.17) is 9.47 Å². The molecule has 20 heavy (non-hydrogen) atoms. The molecule has 1 aromatic carbocycles. The molecular formula is C16H20O4. The number of rotatable bonds is 7. The third kappa shape index (κ3) is 4.38. The predicted molar refractivity (Wildman–Crippen MR) is 75.7 cm³/mol. The number of carbonyl (C=O) groups is 1. The molecule has 1 aliphatic heterocycles. The molecule has 1 aromatic rings. The Morgan fingerprint density at radius 1 is 1.30 bits per heavy atom. The number of epoxide rings is 1. The maximum absolute atomic E-state index is 10.9. The van der Waals surface area contributed by atoms with Crippen molar-refractivity contribution in [1.82, 2.24) is 0 Å². The third-order valence-corrected chi connectivity index (χ3v) is 3.36. The van der Waals surface area contributed by atoms with Crippen LogP contribution in [-0.2, 0) is 20.7 Å². The van der Waals surface area contributed by atoms with Crippen molar-refractivity contribution in [2.45, 2.75) is 31.5 Å². The van der Waals surface area contributed by atoms with Crippen LogP contribution in [0.5, 0.6) is 5.75 Å². The molecule has 0 spiro atoms. The quantitative estimate of drug-likeness (QED) is 0.436. The zero-order valence-corrected chi connectivity index (χ0v) is 11.9. The zero-order chi connectivity index (χ0) is 14.4. The number of benzene rings is 1. The van der Waals surface area contributed by atoms with Crippen molar-refractivity contribution in [1.29, 1.82) is 0 Å². The summed E-state index contributed by atoms with van der Waals surface area (Å²) < 4.78 is 15.1. The smallest absolute Gasteiger partial charge is 0.330 e. The van der Waals surface area contributed by atoms with Gasteiger partial charge in [-0.3, -0.25) is 0 Å². The standard InChI is InChI=1S/C16H20O4/c1-18-13-8-6-12(7-9-13)4-3-5-14-15(20-14)10-11-16(17)19-2/h6-11,14-15H,3-5H2,1-2H3/b11-10+/t14-,15-/m0/s1. The van der Waals surface area contributed by atoms with E-state index in [-0.39, 0.29) is 18.2 Å². The summed E-state index contributed by atoms with van der Waals surface area (Å²) in [7, 11) is 3.04. The van der Waals surface area contributed by atoms with Crippen molar-refractivity contribution in [3.63, 3.8) is 0 Å². The molecule has 108 valence electrons. The Labute approximate surface area is 119 Å². The molecule has 0 bridgehead atoms. The molecule has 0 aliphatic carbocycles. The molecule has 4 heteroatoms. The van der Waals surface area contributed by atoms with Crippen LogP contribution in [-0.4, -0.2) is 32.4 Å². The number of hydrogen-bond donors (Lipinski definition) is 0. The van der Waals surface area contributed by atoms with Crippen LogP contribution in [0.2, 0.25) is 0 Å². The summed E-state index contributed by atoms with van der Waals surface area (Å²) in [6, 6.07) is 8.12. The second-order valence-corrected chi connectivity index (χ2v) is 4.76. The van der Waals surface area contributed by atoms with Gasteiger partial charge in [-0.25, -0.2) is 4.79 Å². The lowest BCUT2D eigenvalue weighted by molar-refractivity contribution is -0.134. The molecule has 1 saturated heterocycles. The van der Waals surface area contributed by atoms with Gasteiger partial charge in [0.2, 0.25) is 0 Å². The van der Waals surface area contributed by atoms with Gasteiger partial charge in [-0.2, -0.15) is 0 Å². The van der Waals surface area contributed by atoms with E-state index in [1.165, 1.54) is 18.7 Å². The van der Waals surface area contributed by atoms with Crippen molar-refractivity contribution in [2.24, 2.45) is 0 Å². The SMILES string of the molecule is COC(=O)/C=C/[C@@H]1O[C@H]1CCCc1ccc(OC)cc1. The van der Waals surface area contributed by atoms with Crippen LogP contribution >= 0.6 is 0 Å². The van der Waals surface area contributed by atoms with Crippen molar-refractivity contribution in [2.75, 3.05) is 14.2 Å². The zero-order valence-electron chi connectivity index (χ0n) is 11.9. The number of ether oxygens (including phenoxy) is 3. The lowest BCUT2D eigenvalue weighted by Gasteiger charge is -2.02. The molecule has 2 rings (SSSR count). The Kier molecular flexibility index (Phi) is 5.18. The first-order valence-electron chi connectivity index (χ1n) is 6.77. The predicted octanol–water partition coefficient (Wildman–Crippen LogP) is 2.51. The molecule has 0 unspecified atom stereocenters. The molecule has 2 atom stereocenters. The third-order valence-electron chi connectivity index (χ3n) is 3.36. The molecule has 0 radical (unpaired) electrons. The minimum atomic E-state index is -0.336. The number of methoxy groups -OCH3 is 2. The second-order valence-electron chi connectivity index (χ2n) is 4.76. The van der Waals surface area contributed by atoms with E-state index in [9.17, 15) is 4.79 Å². The van der Waals surface area contributed by atoms with Gasteiger partial charge in [0, 0.05) is 6.08 Å². The highest BCUT2D eigenvalue weighted by atomic mass is 16.6. The number of carbonyl (C=O) groups excluding carboxylic acids is 1. The second kappa shape index (κ2) is 7.10. The molecule has 1 fully saturated rings. The summed E-state index contributed by atoms with van der Waals surface area (Å²) in [4.78, 5) is 10.9. The van der Waals surface area contributed by atoms with Crippen LogP contribution < -0.4 is 4.74 Å². The molecule has 0 aromatic heterocycles. The van der Waals surface area contributed by atoms with Gasteiger partial charge >= 0.3 is 5.97 Å². The fourth-order valence-corrected chi connectivity index (χ4v) is 2.10. The summed E-state index contributed by atoms with van der Waals surface area (Å²) in [5, 5.41) is 0. The molecule has 1 heterocycles. The van der Waals surface area contributed by atoms with Gasteiger partial charge in [-0.05, 0) is 43.0 Å². The van der Waals surface area contributed by atoms with Crippen molar-refractivity contribution in [3.8, 4) is 5.75 Å². The van der Waals surface area contributed by atoms with Crippen LogP contribution in [0.15, 0.2) is 36.4 Å². The Balaban J connectivity index is 1.65. The maximum Gasteiger partial charge on any atom is 0.330 e. The molecule has 0 amide bonds. The number of hydrogen-bond acceptors (Lipinski definition) is 4. The van der Waals surface area contributed by atoms with Gasteiger partial charge < -0.3 is 14.2 Å². The number of aryl methyl sites for hydroxylation is 1. The molecule has 0 N–H and O–H groups in total. The first-order valence-corrected chi connectivity index (χ1v) is 6.77.